The minimum absolute atomic E-state index is 0.0302. The standard InChI is InChI=1S/C29H48O2/c1-18(30)19-10-13-26(4)16-17-28(6)20(24(19)26)8-9-22-27(5)14-12-23(31)25(2,3)21(27)11-15-29(22,28)7/h19-24,31H,8-17H2,1-7H3/t19-,20+,21-,22+,23-,24-,26+,27-,28+,29+/m0/s1. The van der Waals surface area contributed by atoms with Gasteiger partial charge in [-0.1, -0.05) is 41.5 Å². The highest BCUT2D eigenvalue weighted by Gasteiger charge is 2.70. The maximum absolute atomic E-state index is 12.7. The number of hydrogen-bond acceptors (Lipinski definition) is 2. The summed E-state index contributed by atoms with van der Waals surface area (Å²) in [6.45, 7) is 17.0. The van der Waals surface area contributed by atoms with Gasteiger partial charge >= 0.3 is 0 Å². The Balaban J connectivity index is 1.54. The lowest BCUT2D eigenvalue weighted by Crippen LogP contribution is -2.66. The first-order valence-electron chi connectivity index (χ1n) is 13.5. The average molecular weight is 429 g/mol. The third-order valence-corrected chi connectivity index (χ3v) is 13.4. The number of aliphatic hydroxyl groups is 1. The second-order valence-corrected chi connectivity index (χ2v) is 14.5. The van der Waals surface area contributed by atoms with Crippen LogP contribution in [0.4, 0.5) is 0 Å². The molecule has 2 nitrogen and oxygen atoms in total. The number of hydrogen-bond donors (Lipinski definition) is 1. The van der Waals surface area contributed by atoms with Gasteiger partial charge < -0.3 is 5.11 Å². The predicted molar refractivity (Wildman–Crippen MR) is 127 cm³/mol. The fourth-order valence-electron chi connectivity index (χ4n) is 11.4. The smallest absolute Gasteiger partial charge is 0.133 e. The summed E-state index contributed by atoms with van der Waals surface area (Å²) < 4.78 is 0. The van der Waals surface area contributed by atoms with Gasteiger partial charge in [-0.05, 0) is 122 Å². The van der Waals surface area contributed by atoms with Crippen molar-refractivity contribution in [1.29, 1.82) is 0 Å². The van der Waals surface area contributed by atoms with Crippen LogP contribution in [-0.4, -0.2) is 17.0 Å². The number of ketones is 1. The van der Waals surface area contributed by atoms with Crippen molar-refractivity contribution in [3.8, 4) is 0 Å². The van der Waals surface area contributed by atoms with E-state index in [0.717, 1.165) is 18.8 Å². The van der Waals surface area contributed by atoms with Crippen molar-refractivity contribution in [3.63, 3.8) is 0 Å². The molecule has 0 amide bonds. The fourth-order valence-corrected chi connectivity index (χ4v) is 11.4. The first-order valence-corrected chi connectivity index (χ1v) is 13.5. The van der Waals surface area contributed by atoms with E-state index < -0.39 is 0 Å². The molecular formula is C29H48O2. The molecule has 0 bridgehead atoms. The van der Waals surface area contributed by atoms with Crippen LogP contribution in [0.15, 0.2) is 0 Å². The van der Waals surface area contributed by atoms with E-state index in [2.05, 4.69) is 41.5 Å². The number of rotatable bonds is 1. The highest BCUT2D eigenvalue weighted by molar-refractivity contribution is 5.79. The van der Waals surface area contributed by atoms with Gasteiger partial charge in [-0.15, -0.1) is 0 Å². The van der Waals surface area contributed by atoms with Crippen LogP contribution in [0.3, 0.4) is 0 Å². The third-order valence-electron chi connectivity index (χ3n) is 13.4. The van der Waals surface area contributed by atoms with Gasteiger partial charge in [0.2, 0.25) is 0 Å². The fraction of sp³-hybridized carbons (Fsp3) is 0.966. The summed E-state index contributed by atoms with van der Waals surface area (Å²) in [7, 11) is 0. The van der Waals surface area contributed by atoms with Gasteiger partial charge in [0.1, 0.15) is 5.78 Å². The van der Waals surface area contributed by atoms with Crippen LogP contribution in [0, 0.1) is 56.7 Å². The quantitative estimate of drug-likeness (QED) is 0.486. The summed E-state index contributed by atoms with van der Waals surface area (Å²) in [6.07, 6.45) is 12.3. The molecule has 0 aromatic carbocycles. The summed E-state index contributed by atoms with van der Waals surface area (Å²) in [6, 6.07) is 0. The molecule has 31 heavy (non-hydrogen) atoms. The van der Waals surface area contributed by atoms with E-state index in [9.17, 15) is 9.90 Å². The molecule has 5 aliphatic carbocycles. The van der Waals surface area contributed by atoms with Crippen LogP contribution in [0.1, 0.15) is 113 Å². The van der Waals surface area contributed by atoms with Crippen LogP contribution < -0.4 is 0 Å². The molecule has 0 aliphatic heterocycles. The second kappa shape index (κ2) is 6.61. The minimum atomic E-state index is -0.146. The van der Waals surface area contributed by atoms with Gasteiger partial charge in [-0.2, -0.15) is 0 Å². The third kappa shape index (κ3) is 2.64. The molecule has 0 heterocycles. The van der Waals surface area contributed by atoms with Crippen LogP contribution in [-0.2, 0) is 4.79 Å². The van der Waals surface area contributed by atoms with E-state index in [1.807, 2.05) is 6.92 Å². The maximum Gasteiger partial charge on any atom is 0.133 e. The summed E-state index contributed by atoms with van der Waals surface area (Å²) in [4.78, 5) is 12.7. The zero-order chi connectivity index (χ0) is 22.6. The number of fused-ring (bicyclic) bond motifs is 7. The summed E-state index contributed by atoms with van der Waals surface area (Å²) in [5, 5.41) is 10.9. The van der Waals surface area contributed by atoms with E-state index in [1.165, 1.54) is 51.4 Å². The Morgan fingerprint density at radius 3 is 2.13 bits per heavy atom. The van der Waals surface area contributed by atoms with Crippen LogP contribution >= 0.6 is 0 Å². The zero-order valence-corrected chi connectivity index (χ0v) is 21.4. The largest absolute Gasteiger partial charge is 0.393 e. The maximum atomic E-state index is 12.7. The lowest BCUT2D eigenvalue weighted by molar-refractivity contribution is -0.246. The molecule has 1 N–H and O–H groups in total. The van der Waals surface area contributed by atoms with Crippen molar-refractivity contribution in [2.45, 2.75) is 119 Å². The summed E-state index contributed by atoms with van der Waals surface area (Å²) in [5.74, 6) is 3.48. The Morgan fingerprint density at radius 1 is 0.742 bits per heavy atom. The van der Waals surface area contributed by atoms with E-state index in [0.29, 0.717) is 51.1 Å². The highest BCUT2D eigenvalue weighted by Crippen LogP contribution is 2.77. The molecule has 5 fully saturated rings. The van der Waals surface area contributed by atoms with E-state index in [-0.39, 0.29) is 11.5 Å². The van der Waals surface area contributed by atoms with Gasteiger partial charge in [-0.3, -0.25) is 4.79 Å². The molecule has 10 atom stereocenters. The first-order chi connectivity index (χ1) is 14.3. The van der Waals surface area contributed by atoms with Gasteiger partial charge in [-0.25, -0.2) is 0 Å². The highest BCUT2D eigenvalue weighted by atomic mass is 16.3. The molecule has 5 aliphatic rings. The summed E-state index contributed by atoms with van der Waals surface area (Å²) >= 11 is 0. The topological polar surface area (TPSA) is 37.3 Å². The number of aliphatic hydroxyl groups excluding tert-OH is 1. The molecule has 0 aromatic rings. The molecule has 0 spiro atoms. The number of Topliss-reactive ketones (excluding diaryl/α,β-unsaturated/α-hetero) is 1. The van der Waals surface area contributed by atoms with Crippen molar-refractivity contribution in [1.82, 2.24) is 0 Å². The van der Waals surface area contributed by atoms with Gasteiger partial charge in [0, 0.05) is 5.92 Å². The SMILES string of the molecule is CC(=O)[C@@H]1CC[C@]2(C)CC[C@]3(C)[C@H](CC[C@@H]4[C@@]5(C)CC[C@H](O)C(C)(C)[C@@H]5CC[C@]43C)[C@H]12. The first kappa shape index (κ1) is 22.4. The van der Waals surface area contributed by atoms with Gasteiger partial charge in [0.25, 0.3) is 0 Å². The molecule has 2 heteroatoms. The molecule has 0 saturated heterocycles. The lowest BCUT2D eigenvalue weighted by Gasteiger charge is -2.72. The lowest BCUT2D eigenvalue weighted by atomic mass is 9.32. The van der Waals surface area contributed by atoms with Gasteiger partial charge in [0.15, 0.2) is 0 Å². The van der Waals surface area contributed by atoms with Crippen LogP contribution in [0.5, 0.6) is 0 Å². The molecule has 5 saturated carbocycles. The van der Waals surface area contributed by atoms with E-state index in [1.54, 1.807) is 0 Å². The van der Waals surface area contributed by atoms with Crippen molar-refractivity contribution < 1.29 is 9.90 Å². The van der Waals surface area contributed by atoms with Gasteiger partial charge in [0.05, 0.1) is 6.10 Å². The Kier molecular flexibility index (Phi) is 4.78. The molecule has 5 rings (SSSR count). The van der Waals surface area contributed by atoms with Crippen molar-refractivity contribution in [2.24, 2.45) is 56.7 Å². The second-order valence-electron chi connectivity index (χ2n) is 14.5. The van der Waals surface area contributed by atoms with E-state index in [4.69, 9.17) is 0 Å². The zero-order valence-electron chi connectivity index (χ0n) is 21.4. The minimum Gasteiger partial charge on any atom is -0.393 e. The predicted octanol–water partition coefficient (Wildman–Crippen LogP) is 7.04. The van der Waals surface area contributed by atoms with Crippen LogP contribution in [0.25, 0.3) is 0 Å². The molecule has 0 unspecified atom stereocenters. The van der Waals surface area contributed by atoms with Crippen molar-refractivity contribution >= 4 is 5.78 Å². The molecule has 0 aromatic heterocycles. The Labute approximate surface area is 191 Å². The normalized spacial score (nSPS) is 57.9. The van der Waals surface area contributed by atoms with Crippen molar-refractivity contribution in [3.05, 3.63) is 0 Å². The van der Waals surface area contributed by atoms with E-state index >= 15 is 0 Å². The Bertz CT molecular complexity index is 771. The monoisotopic (exact) mass is 428 g/mol. The Morgan fingerprint density at radius 2 is 1.45 bits per heavy atom. The Hall–Kier alpha value is -0.370. The number of carbonyl (C=O) groups is 1. The molecular weight excluding hydrogens is 380 g/mol. The molecule has 176 valence electrons. The van der Waals surface area contributed by atoms with Crippen molar-refractivity contribution in [2.75, 3.05) is 0 Å². The summed E-state index contributed by atoms with van der Waals surface area (Å²) in [5.41, 5.74) is 1.49. The van der Waals surface area contributed by atoms with Crippen LogP contribution in [0.2, 0.25) is 0 Å². The molecule has 0 radical (unpaired) electrons. The average Bonchev–Trinajstić information content (AvgIpc) is 3.04. The number of carbonyl (C=O) groups excluding carboxylic acids is 1.